The molecule has 152 valence electrons. The molecular formula is C20H21N3O5S. The van der Waals surface area contributed by atoms with E-state index in [-0.39, 0.29) is 16.7 Å². The Bertz CT molecular complexity index is 1010. The number of amides is 1. The Kier molecular flexibility index (Phi) is 6.28. The number of nitrogens with zero attached hydrogens (tertiary/aromatic N) is 2. The number of methoxy groups -OCH3 is 1. The van der Waals surface area contributed by atoms with Crippen molar-refractivity contribution in [3.63, 3.8) is 0 Å². The molecule has 1 N–H and O–H groups in total. The lowest BCUT2D eigenvalue weighted by atomic mass is 10.1. The molecule has 0 bridgehead atoms. The lowest BCUT2D eigenvalue weighted by molar-refractivity contribution is 0.0463. The SMILES string of the molecule is COc1ccc(-c2cc(C(=O)Nc3nc(C)c(C(=O)OCC(C)C)s3)no2)cc1. The molecule has 1 aromatic carbocycles. The number of benzene rings is 1. The summed E-state index contributed by atoms with van der Waals surface area (Å²) in [6, 6.07) is 8.72. The van der Waals surface area contributed by atoms with Crippen LogP contribution in [0.4, 0.5) is 5.13 Å². The smallest absolute Gasteiger partial charge is 0.350 e. The van der Waals surface area contributed by atoms with Crippen molar-refractivity contribution in [3.8, 4) is 17.1 Å². The fourth-order valence-electron chi connectivity index (χ4n) is 2.38. The molecule has 29 heavy (non-hydrogen) atoms. The standard InChI is InChI=1S/C20H21N3O5S/c1-11(2)10-27-19(25)17-12(3)21-20(29-17)22-18(24)15-9-16(28-23-15)13-5-7-14(26-4)8-6-13/h5-9,11H,10H2,1-4H3,(H,21,22,24). The van der Waals surface area contributed by atoms with Gasteiger partial charge in [0.25, 0.3) is 5.91 Å². The van der Waals surface area contributed by atoms with Crippen molar-refractivity contribution < 1.29 is 23.6 Å². The van der Waals surface area contributed by atoms with Gasteiger partial charge in [0.05, 0.1) is 19.4 Å². The van der Waals surface area contributed by atoms with Crippen LogP contribution in [-0.4, -0.2) is 35.7 Å². The van der Waals surface area contributed by atoms with Gasteiger partial charge >= 0.3 is 5.97 Å². The lowest BCUT2D eigenvalue weighted by Gasteiger charge is -2.05. The number of aromatic nitrogens is 2. The van der Waals surface area contributed by atoms with Crippen molar-refractivity contribution in [2.24, 2.45) is 5.92 Å². The van der Waals surface area contributed by atoms with Crippen LogP contribution in [0.15, 0.2) is 34.9 Å². The van der Waals surface area contributed by atoms with Gasteiger partial charge < -0.3 is 14.0 Å². The number of hydrogen-bond donors (Lipinski definition) is 1. The maximum absolute atomic E-state index is 12.5. The molecule has 0 radical (unpaired) electrons. The maximum Gasteiger partial charge on any atom is 0.350 e. The number of rotatable bonds is 7. The minimum absolute atomic E-state index is 0.104. The molecule has 3 rings (SSSR count). The number of carbonyl (C=O) groups excluding carboxylic acids is 2. The van der Waals surface area contributed by atoms with E-state index in [1.807, 2.05) is 13.8 Å². The fraction of sp³-hybridized carbons (Fsp3) is 0.300. The number of thiazole rings is 1. The van der Waals surface area contributed by atoms with E-state index < -0.39 is 11.9 Å². The van der Waals surface area contributed by atoms with Gasteiger partial charge in [0.15, 0.2) is 16.6 Å². The molecule has 9 heteroatoms. The van der Waals surface area contributed by atoms with E-state index in [0.717, 1.165) is 16.9 Å². The molecule has 2 heterocycles. The third-order valence-electron chi connectivity index (χ3n) is 3.87. The average Bonchev–Trinajstić information content (AvgIpc) is 3.33. The molecule has 0 spiro atoms. The second-order valence-electron chi connectivity index (χ2n) is 6.68. The second-order valence-corrected chi connectivity index (χ2v) is 7.68. The predicted octanol–water partition coefficient (Wildman–Crippen LogP) is 4.18. The molecule has 1 amide bonds. The van der Waals surface area contributed by atoms with E-state index in [9.17, 15) is 9.59 Å². The van der Waals surface area contributed by atoms with Crippen molar-refractivity contribution in [3.05, 3.63) is 46.6 Å². The molecule has 0 aliphatic carbocycles. The first-order chi connectivity index (χ1) is 13.9. The van der Waals surface area contributed by atoms with Gasteiger partial charge in [0.2, 0.25) is 0 Å². The van der Waals surface area contributed by atoms with Crippen LogP contribution in [-0.2, 0) is 4.74 Å². The predicted molar refractivity (Wildman–Crippen MR) is 108 cm³/mol. The molecule has 0 aliphatic heterocycles. The Hall–Kier alpha value is -3.20. The van der Waals surface area contributed by atoms with Gasteiger partial charge in [-0.25, -0.2) is 9.78 Å². The topological polar surface area (TPSA) is 104 Å². The quantitative estimate of drug-likeness (QED) is 0.577. The third-order valence-corrected chi connectivity index (χ3v) is 4.92. The van der Waals surface area contributed by atoms with Crippen LogP contribution in [0.25, 0.3) is 11.3 Å². The van der Waals surface area contributed by atoms with Gasteiger partial charge in [0, 0.05) is 11.6 Å². The summed E-state index contributed by atoms with van der Waals surface area (Å²) in [4.78, 5) is 29.2. The highest BCUT2D eigenvalue weighted by Crippen LogP contribution is 2.26. The summed E-state index contributed by atoms with van der Waals surface area (Å²) in [5.74, 6) is 0.472. The monoisotopic (exact) mass is 415 g/mol. The van der Waals surface area contributed by atoms with Crippen molar-refractivity contribution in [2.45, 2.75) is 20.8 Å². The summed E-state index contributed by atoms with van der Waals surface area (Å²) in [6.07, 6.45) is 0. The summed E-state index contributed by atoms with van der Waals surface area (Å²) in [5.41, 5.74) is 1.36. The number of hydrogen-bond acceptors (Lipinski definition) is 8. The highest BCUT2D eigenvalue weighted by atomic mass is 32.1. The first-order valence-corrected chi connectivity index (χ1v) is 9.76. The van der Waals surface area contributed by atoms with Gasteiger partial charge in [-0.1, -0.05) is 30.3 Å². The Labute approximate surface area is 171 Å². The summed E-state index contributed by atoms with van der Waals surface area (Å²) >= 11 is 1.06. The normalized spacial score (nSPS) is 10.8. The van der Waals surface area contributed by atoms with Crippen molar-refractivity contribution in [2.75, 3.05) is 19.0 Å². The molecule has 0 aliphatic rings. The van der Waals surface area contributed by atoms with Crippen LogP contribution in [0.1, 0.15) is 39.7 Å². The van der Waals surface area contributed by atoms with Gasteiger partial charge in [-0.3, -0.25) is 10.1 Å². The summed E-state index contributed by atoms with van der Waals surface area (Å²) in [5, 5.41) is 6.74. The van der Waals surface area contributed by atoms with Crippen LogP contribution in [0.5, 0.6) is 5.75 Å². The summed E-state index contributed by atoms with van der Waals surface area (Å²) in [7, 11) is 1.58. The third kappa shape index (κ3) is 5.00. The van der Waals surface area contributed by atoms with E-state index >= 15 is 0 Å². The molecule has 2 aromatic heterocycles. The Balaban J connectivity index is 1.68. The molecule has 0 saturated carbocycles. The first kappa shape index (κ1) is 20.5. The van der Waals surface area contributed by atoms with E-state index in [1.54, 1.807) is 38.3 Å². The summed E-state index contributed by atoms with van der Waals surface area (Å²) < 4.78 is 15.6. The minimum Gasteiger partial charge on any atom is -0.497 e. The van der Waals surface area contributed by atoms with Crippen molar-refractivity contribution in [1.29, 1.82) is 0 Å². The maximum atomic E-state index is 12.5. The van der Waals surface area contributed by atoms with Crippen LogP contribution < -0.4 is 10.1 Å². The van der Waals surface area contributed by atoms with Crippen LogP contribution in [0, 0.1) is 12.8 Å². The Morgan fingerprint density at radius 3 is 2.62 bits per heavy atom. The number of aryl methyl sites for hydroxylation is 1. The van der Waals surface area contributed by atoms with Gasteiger partial charge in [0.1, 0.15) is 10.6 Å². The zero-order chi connectivity index (χ0) is 21.0. The van der Waals surface area contributed by atoms with Crippen LogP contribution >= 0.6 is 11.3 Å². The van der Waals surface area contributed by atoms with Crippen molar-refractivity contribution in [1.82, 2.24) is 10.1 Å². The highest BCUT2D eigenvalue weighted by molar-refractivity contribution is 7.17. The molecule has 0 atom stereocenters. The number of ether oxygens (including phenoxy) is 2. The van der Waals surface area contributed by atoms with E-state index in [0.29, 0.717) is 28.7 Å². The molecule has 8 nitrogen and oxygen atoms in total. The van der Waals surface area contributed by atoms with Crippen LogP contribution in [0.2, 0.25) is 0 Å². The summed E-state index contributed by atoms with van der Waals surface area (Å²) in [6.45, 7) is 5.92. The second kappa shape index (κ2) is 8.87. The number of carbonyl (C=O) groups is 2. The molecule has 0 fully saturated rings. The number of anilines is 1. The zero-order valence-corrected chi connectivity index (χ0v) is 17.3. The molecule has 3 aromatic rings. The van der Waals surface area contributed by atoms with Crippen LogP contribution in [0.3, 0.4) is 0 Å². The lowest BCUT2D eigenvalue weighted by Crippen LogP contribution is -2.11. The number of nitrogens with one attached hydrogen (secondary N) is 1. The number of esters is 1. The first-order valence-electron chi connectivity index (χ1n) is 8.94. The zero-order valence-electron chi connectivity index (χ0n) is 16.5. The fourth-order valence-corrected chi connectivity index (χ4v) is 3.24. The highest BCUT2D eigenvalue weighted by Gasteiger charge is 2.20. The van der Waals surface area contributed by atoms with Gasteiger partial charge in [-0.05, 0) is 37.1 Å². The molecular weight excluding hydrogens is 394 g/mol. The van der Waals surface area contributed by atoms with E-state index in [1.165, 1.54) is 6.07 Å². The average molecular weight is 415 g/mol. The minimum atomic E-state index is -0.482. The van der Waals surface area contributed by atoms with Gasteiger partial charge in [-0.2, -0.15) is 0 Å². The Morgan fingerprint density at radius 1 is 1.24 bits per heavy atom. The van der Waals surface area contributed by atoms with E-state index in [2.05, 4.69) is 15.5 Å². The van der Waals surface area contributed by atoms with Gasteiger partial charge in [-0.15, -0.1) is 0 Å². The molecule has 0 unspecified atom stereocenters. The Morgan fingerprint density at radius 2 is 1.97 bits per heavy atom. The van der Waals surface area contributed by atoms with E-state index in [4.69, 9.17) is 14.0 Å². The molecule has 0 saturated heterocycles. The largest absolute Gasteiger partial charge is 0.497 e. The van der Waals surface area contributed by atoms with Crippen molar-refractivity contribution >= 4 is 28.3 Å².